The first-order valence-corrected chi connectivity index (χ1v) is 10.9. The molecule has 0 bridgehead atoms. The molecule has 0 aliphatic heterocycles. The first kappa shape index (κ1) is 21.7. The topological polar surface area (TPSA) is 59.4 Å². The zero-order valence-electron chi connectivity index (χ0n) is 18.2. The molecule has 3 rings (SSSR count). The summed E-state index contributed by atoms with van der Waals surface area (Å²) in [7, 11) is 0. The molecule has 29 heavy (non-hydrogen) atoms. The van der Waals surface area contributed by atoms with Crippen LogP contribution in [0.1, 0.15) is 75.5 Å². The van der Waals surface area contributed by atoms with Crippen molar-refractivity contribution < 1.29 is 14.6 Å². The maximum atomic E-state index is 12.3. The van der Waals surface area contributed by atoms with Crippen LogP contribution in [-0.2, 0) is 9.53 Å². The van der Waals surface area contributed by atoms with Crippen molar-refractivity contribution in [2.45, 2.75) is 72.0 Å². The monoisotopic (exact) mass is 413 g/mol. The number of carboxylic acids is 1. The van der Waals surface area contributed by atoms with E-state index in [0.29, 0.717) is 0 Å². The van der Waals surface area contributed by atoms with Crippen molar-refractivity contribution in [1.82, 2.24) is 4.98 Å². The van der Waals surface area contributed by atoms with Crippen LogP contribution in [0, 0.1) is 12.3 Å². The number of allylic oxidation sites excluding steroid dienone is 2. The van der Waals surface area contributed by atoms with Gasteiger partial charge >= 0.3 is 5.97 Å². The van der Waals surface area contributed by atoms with Gasteiger partial charge in [0.2, 0.25) is 0 Å². The van der Waals surface area contributed by atoms with Crippen molar-refractivity contribution in [3.63, 3.8) is 0 Å². The fraction of sp³-hybridized carbons (Fsp3) is 0.500. The van der Waals surface area contributed by atoms with Gasteiger partial charge < -0.3 is 9.84 Å². The molecule has 1 aliphatic carbocycles. The number of nitrogens with zero attached hydrogens (tertiary/aromatic N) is 1. The van der Waals surface area contributed by atoms with E-state index >= 15 is 0 Å². The van der Waals surface area contributed by atoms with Gasteiger partial charge in [0.1, 0.15) is 0 Å². The highest BCUT2D eigenvalue weighted by molar-refractivity contribution is 7.15. The van der Waals surface area contributed by atoms with Gasteiger partial charge in [-0.1, -0.05) is 26.0 Å². The predicted octanol–water partition coefficient (Wildman–Crippen LogP) is 6.52. The Morgan fingerprint density at radius 1 is 1.31 bits per heavy atom. The number of carboxylic acid groups (broad SMARTS) is 1. The van der Waals surface area contributed by atoms with E-state index < -0.39 is 17.7 Å². The number of hydrogen-bond acceptors (Lipinski definition) is 4. The van der Waals surface area contributed by atoms with Crippen LogP contribution in [-0.4, -0.2) is 21.7 Å². The second-order valence-electron chi connectivity index (χ2n) is 9.49. The lowest BCUT2D eigenvalue weighted by molar-refractivity contribution is -0.160. The molecule has 2 atom stereocenters. The van der Waals surface area contributed by atoms with E-state index in [4.69, 9.17) is 4.74 Å². The van der Waals surface area contributed by atoms with Crippen molar-refractivity contribution >= 4 is 17.3 Å². The molecule has 2 aromatic rings. The molecule has 2 aromatic heterocycles. The molecule has 1 N–H and O–H groups in total. The van der Waals surface area contributed by atoms with Crippen LogP contribution in [0.15, 0.2) is 36.7 Å². The highest BCUT2D eigenvalue weighted by Gasteiger charge is 2.36. The molecule has 1 aliphatic rings. The van der Waals surface area contributed by atoms with E-state index in [2.05, 4.69) is 31.0 Å². The minimum Gasteiger partial charge on any atom is -0.479 e. The number of thiophene rings is 1. The van der Waals surface area contributed by atoms with Gasteiger partial charge in [-0.3, -0.25) is 4.98 Å². The van der Waals surface area contributed by atoms with E-state index in [1.54, 1.807) is 23.7 Å². The number of aromatic nitrogens is 1. The molecule has 0 spiro atoms. The van der Waals surface area contributed by atoms with Crippen LogP contribution >= 0.6 is 11.3 Å². The molecule has 0 saturated carbocycles. The molecule has 2 heterocycles. The number of aryl methyl sites for hydroxylation is 1. The van der Waals surface area contributed by atoms with Crippen LogP contribution in [0.3, 0.4) is 0 Å². The molecule has 0 aromatic carbocycles. The summed E-state index contributed by atoms with van der Waals surface area (Å²) in [6.07, 6.45) is 9.18. The Hall–Kier alpha value is -1.98. The zero-order chi connectivity index (χ0) is 21.4. The summed E-state index contributed by atoms with van der Waals surface area (Å²) in [5.74, 6) is -0.764. The number of rotatable bonds is 5. The summed E-state index contributed by atoms with van der Waals surface area (Å²) in [4.78, 5) is 18.5. The van der Waals surface area contributed by atoms with Crippen LogP contribution in [0.25, 0.3) is 10.4 Å². The van der Waals surface area contributed by atoms with Crippen LogP contribution in [0.5, 0.6) is 0 Å². The van der Waals surface area contributed by atoms with Gasteiger partial charge in [0.05, 0.1) is 5.60 Å². The number of ether oxygens (including phenoxy) is 1. The molecule has 5 heteroatoms. The Labute approximate surface area is 177 Å². The largest absolute Gasteiger partial charge is 0.479 e. The van der Waals surface area contributed by atoms with E-state index in [1.807, 2.05) is 39.8 Å². The summed E-state index contributed by atoms with van der Waals surface area (Å²) in [6, 6.07) is 3.99. The van der Waals surface area contributed by atoms with E-state index in [-0.39, 0.29) is 11.3 Å². The normalized spacial score (nSPS) is 19.9. The molecule has 0 saturated heterocycles. The zero-order valence-corrected chi connectivity index (χ0v) is 19.0. The minimum absolute atomic E-state index is 0.173. The first-order valence-electron chi connectivity index (χ1n) is 10.1. The quantitative estimate of drug-likeness (QED) is 0.567. The van der Waals surface area contributed by atoms with Gasteiger partial charge in [0.15, 0.2) is 6.10 Å². The van der Waals surface area contributed by atoms with Crippen molar-refractivity contribution in [2.75, 3.05) is 0 Å². The lowest BCUT2D eigenvalue weighted by Gasteiger charge is -2.31. The van der Waals surface area contributed by atoms with Gasteiger partial charge in [0, 0.05) is 33.6 Å². The summed E-state index contributed by atoms with van der Waals surface area (Å²) in [5, 5.41) is 10.1. The predicted molar refractivity (Wildman–Crippen MR) is 118 cm³/mol. The fourth-order valence-electron chi connectivity index (χ4n) is 3.90. The van der Waals surface area contributed by atoms with Crippen molar-refractivity contribution in [1.29, 1.82) is 0 Å². The Balaban J connectivity index is 2.20. The molecular weight excluding hydrogens is 382 g/mol. The summed E-state index contributed by atoms with van der Waals surface area (Å²) >= 11 is 1.65. The standard InChI is InChI=1S/C24H31NO3S/c1-15-18(20(22(26)27)28-23(2,3)4)19(16-7-11-24(5,6)12-8-16)21(29-15)17-9-13-25-14-10-17/h7,9-11,13-14,16,20H,8,12H2,1-6H3,(H,26,27)/t16?,20-/m0/s1. The van der Waals surface area contributed by atoms with E-state index in [0.717, 1.165) is 39.3 Å². The molecule has 0 fully saturated rings. The fourth-order valence-corrected chi connectivity index (χ4v) is 5.16. The molecule has 0 radical (unpaired) electrons. The van der Waals surface area contributed by atoms with Crippen LogP contribution in [0.4, 0.5) is 0 Å². The molecular formula is C24H31NO3S. The maximum Gasteiger partial charge on any atom is 0.337 e. The Bertz CT molecular complexity index is 906. The second kappa shape index (κ2) is 8.04. The lowest BCUT2D eigenvalue weighted by Crippen LogP contribution is -2.28. The first-order chi connectivity index (χ1) is 13.5. The van der Waals surface area contributed by atoms with E-state index in [9.17, 15) is 9.90 Å². The highest BCUT2D eigenvalue weighted by atomic mass is 32.1. The molecule has 4 nitrogen and oxygen atoms in total. The second-order valence-corrected chi connectivity index (χ2v) is 10.7. The van der Waals surface area contributed by atoms with Crippen molar-refractivity contribution in [3.05, 3.63) is 52.7 Å². The Morgan fingerprint density at radius 3 is 2.48 bits per heavy atom. The average Bonchev–Trinajstić information content (AvgIpc) is 2.96. The van der Waals surface area contributed by atoms with Crippen molar-refractivity contribution in [2.24, 2.45) is 5.41 Å². The molecule has 1 unspecified atom stereocenters. The third kappa shape index (κ3) is 4.96. The summed E-state index contributed by atoms with van der Waals surface area (Å²) in [5.41, 5.74) is 2.61. The number of pyridine rings is 1. The van der Waals surface area contributed by atoms with Gasteiger partial charge in [-0.25, -0.2) is 4.79 Å². The van der Waals surface area contributed by atoms with Crippen molar-refractivity contribution in [3.8, 4) is 10.4 Å². The molecule has 0 amide bonds. The summed E-state index contributed by atoms with van der Waals surface area (Å²) < 4.78 is 6.06. The van der Waals surface area contributed by atoms with Crippen LogP contribution < -0.4 is 0 Å². The van der Waals surface area contributed by atoms with E-state index in [1.165, 1.54) is 0 Å². The maximum absolute atomic E-state index is 12.3. The Morgan fingerprint density at radius 2 is 1.97 bits per heavy atom. The third-order valence-electron chi connectivity index (χ3n) is 5.32. The number of hydrogen-bond donors (Lipinski definition) is 1. The Kier molecular flexibility index (Phi) is 6.02. The van der Waals surface area contributed by atoms with Gasteiger partial charge in [-0.15, -0.1) is 11.3 Å². The third-order valence-corrected chi connectivity index (χ3v) is 6.51. The number of carbonyl (C=O) groups is 1. The smallest absolute Gasteiger partial charge is 0.337 e. The minimum atomic E-state index is -0.986. The van der Waals surface area contributed by atoms with Gasteiger partial charge in [0.25, 0.3) is 0 Å². The number of aliphatic carboxylic acids is 1. The SMILES string of the molecule is Cc1sc(-c2ccncc2)c(C2C=CC(C)(C)CC2)c1[C@H](OC(C)(C)C)C(=O)O. The lowest BCUT2D eigenvalue weighted by atomic mass is 9.75. The average molecular weight is 414 g/mol. The summed E-state index contributed by atoms with van der Waals surface area (Å²) in [6.45, 7) is 12.2. The van der Waals surface area contributed by atoms with Crippen LogP contribution in [0.2, 0.25) is 0 Å². The molecule has 156 valence electrons. The van der Waals surface area contributed by atoms with Gasteiger partial charge in [-0.2, -0.15) is 0 Å². The highest BCUT2D eigenvalue weighted by Crippen LogP contribution is 2.48. The van der Waals surface area contributed by atoms with Gasteiger partial charge in [-0.05, 0) is 69.2 Å².